The summed E-state index contributed by atoms with van der Waals surface area (Å²) in [6.45, 7) is 0.167. The summed E-state index contributed by atoms with van der Waals surface area (Å²) in [5.74, 6) is -0.654. The Labute approximate surface area is 180 Å². The third-order valence-electron chi connectivity index (χ3n) is 4.42. The molecule has 0 N–H and O–H groups in total. The highest BCUT2D eigenvalue weighted by molar-refractivity contribution is 7.99. The van der Waals surface area contributed by atoms with E-state index in [1.165, 1.54) is 11.8 Å². The summed E-state index contributed by atoms with van der Waals surface area (Å²) >= 11 is 1.23. The summed E-state index contributed by atoms with van der Waals surface area (Å²) in [6.07, 6.45) is 1.63. The van der Waals surface area contributed by atoms with Gasteiger partial charge in [0.2, 0.25) is 0 Å². The highest BCUT2D eigenvalue weighted by Gasteiger charge is 2.13. The van der Waals surface area contributed by atoms with Crippen LogP contribution in [-0.2, 0) is 20.9 Å². The molecule has 1 amide bonds. The molecular formula is C22H24N4O3S. The Morgan fingerprint density at radius 1 is 1.00 bits per heavy atom. The van der Waals surface area contributed by atoms with Crippen LogP contribution in [0, 0.1) is 0 Å². The van der Waals surface area contributed by atoms with Gasteiger partial charge in [-0.25, -0.2) is 4.98 Å². The lowest BCUT2D eigenvalue weighted by Gasteiger charge is -2.18. The zero-order chi connectivity index (χ0) is 21.5. The second kappa shape index (κ2) is 10.1. The lowest BCUT2D eigenvalue weighted by Crippen LogP contribution is -2.31. The van der Waals surface area contributed by atoms with Gasteiger partial charge in [-0.05, 0) is 29.8 Å². The van der Waals surface area contributed by atoms with E-state index >= 15 is 0 Å². The molecule has 0 aliphatic rings. The van der Waals surface area contributed by atoms with Gasteiger partial charge < -0.3 is 14.5 Å². The number of fused-ring (bicyclic) bond motifs is 1. The van der Waals surface area contributed by atoms with Gasteiger partial charge in [-0.2, -0.15) is 0 Å². The van der Waals surface area contributed by atoms with Crippen molar-refractivity contribution in [2.24, 2.45) is 0 Å². The summed E-state index contributed by atoms with van der Waals surface area (Å²) in [7, 11) is 5.64. The minimum absolute atomic E-state index is 0.0655. The molecule has 3 rings (SSSR count). The normalized spacial score (nSPS) is 10.6. The molecule has 1 aromatic heterocycles. The van der Waals surface area contributed by atoms with Gasteiger partial charge in [0.25, 0.3) is 5.91 Å². The monoisotopic (exact) mass is 424 g/mol. The molecule has 0 atom stereocenters. The zero-order valence-electron chi connectivity index (χ0n) is 17.2. The minimum atomic E-state index is -0.466. The molecule has 1 heterocycles. The van der Waals surface area contributed by atoms with Crippen molar-refractivity contribution in [1.82, 2.24) is 14.9 Å². The van der Waals surface area contributed by atoms with Crippen LogP contribution >= 0.6 is 11.8 Å². The standard InChI is InChI=1S/C22H24N4O3S/c1-25(2)17-10-8-16(9-11-17)13-26(3)21(27)14-29-22(28)15-30-20-12-23-18-6-4-5-7-19(18)24-20/h4-12H,13-15H2,1-3H3. The average molecular weight is 425 g/mol. The van der Waals surface area contributed by atoms with Crippen molar-refractivity contribution in [2.75, 3.05) is 38.4 Å². The van der Waals surface area contributed by atoms with E-state index < -0.39 is 5.97 Å². The number of benzene rings is 2. The highest BCUT2D eigenvalue weighted by atomic mass is 32.2. The third-order valence-corrected chi connectivity index (χ3v) is 5.29. The minimum Gasteiger partial charge on any atom is -0.455 e. The largest absolute Gasteiger partial charge is 0.455 e. The fourth-order valence-electron chi connectivity index (χ4n) is 2.70. The summed E-state index contributed by atoms with van der Waals surface area (Å²) in [5.41, 5.74) is 3.67. The predicted octanol–water partition coefficient (Wildman–Crippen LogP) is 2.99. The number of hydrogen-bond acceptors (Lipinski definition) is 7. The van der Waals surface area contributed by atoms with Crippen LogP contribution in [0.15, 0.2) is 59.8 Å². The molecule has 2 aromatic carbocycles. The lowest BCUT2D eigenvalue weighted by molar-refractivity contribution is -0.149. The van der Waals surface area contributed by atoms with E-state index in [1.54, 1.807) is 18.1 Å². The van der Waals surface area contributed by atoms with Crippen LogP contribution in [0.5, 0.6) is 0 Å². The molecule has 0 bridgehead atoms. The van der Waals surface area contributed by atoms with Gasteiger partial charge in [-0.3, -0.25) is 14.6 Å². The second-order valence-corrected chi connectivity index (χ2v) is 7.95. The Morgan fingerprint density at radius 2 is 1.70 bits per heavy atom. The number of aromatic nitrogens is 2. The number of hydrogen-bond donors (Lipinski definition) is 0. The molecule has 8 heteroatoms. The van der Waals surface area contributed by atoms with Crippen LogP contribution in [-0.4, -0.2) is 60.2 Å². The molecule has 30 heavy (non-hydrogen) atoms. The third kappa shape index (κ3) is 5.93. The van der Waals surface area contributed by atoms with E-state index in [0.29, 0.717) is 11.6 Å². The van der Waals surface area contributed by atoms with Crippen LogP contribution in [0.4, 0.5) is 5.69 Å². The molecule has 0 saturated heterocycles. The number of carbonyl (C=O) groups is 2. The van der Waals surface area contributed by atoms with Crippen LogP contribution in [0.3, 0.4) is 0 Å². The van der Waals surface area contributed by atoms with E-state index in [-0.39, 0.29) is 18.3 Å². The maximum absolute atomic E-state index is 12.3. The van der Waals surface area contributed by atoms with Crippen LogP contribution in [0.1, 0.15) is 5.56 Å². The molecule has 0 aliphatic heterocycles. The molecule has 7 nitrogen and oxygen atoms in total. The fourth-order valence-corrected chi connectivity index (χ4v) is 3.34. The first kappa shape index (κ1) is 21.6. The molecule has 156 valence electrons. The number of ether oxygens (including phenoxy) is 1. The Morgan fingerprint density at radius 3 is 2.40 bits per heavy atom. The Hall–Kier alpha value is -3.13. The molecule has 0 spiro atoms. The van der Waals surface area contributed by atoms with Gasteiger partial charge >= 0.3 is 5.97 Å². The van der Waals surface area contributed by atoms with Gasteiger partial charge in [0.1, 0.15) is 5.03 Å². The van der Waals surface area contributed by atoms with Gasteiger partial charge in [0.05, 0.1) is 23.0 Å². The zero-order valence-corrected chi connectivity index (χ0v) is 18.1. The molecular weight excluding hydrogens is 400 g/mol. The topological polar surface area (TPSA) is 75.6 Å². The van der Waals surface area contributed by atoms with Crippen molar-refractivity contribution >= 4 is 40.4 Å². The molecule has 0 unspecified atom stereocenters. The molecule has 3 aromatic rings. The van der Waals surface area contributed by atoms with E-state index in [2.05, 4.69) is 9.97 Å². The highest BCUT2D eigenvalue weighted by Crippen LogP contribution is 2.18. The number of para-hydroxylation sites is 2. The molecule has 0 radical (unpaired) electrons. The first-order valence-electron chi connectivity index (χ1n) is 9.43. The fraction of sp³-hybridized carbons (Fsp3) is 0.273. The average Bonchev–Trinajstić information content (AvgIpc) is 2.76. The lowest BCUT2D eigenvalue weighted by atomic mass is 10.2. The van der Waals surface area contributed by atoms with Crippen LogP contribution in [0.25, 0.3) is 11.0 Å². The van der Waals surface area contributed by atoms with Crippen molar-refractivity contribution < 1.29 is 14.3 Å². The maximum atomic E-state index is 12.3. The van der Waals surface area contributed by atoms with Crippen molar-refractivity contribution in [3.8, 4) is 0 Å². The Kier molecular flexibility index (Phi) is 7.24. The number of esters is 1. The van der Waals surface area contributed by atoms with Crippen molar-refractivity contribution in [2.45, 2.75) is 11.6 Å². The number of amides is 1. The number of likely N-dealkylation sites (N-methyl/N-ethyl adjacent to an activating group) is 1. The van der Waals surface area contributed by atoms with E-state index in [1.807, 2.05) is 67.5 Å². The van der Waals surface area contributed by atoms with Gasteiger partial charge in [0, 0.05) is 33.4 Å². The number of anilines is 1. The van der Waals surface area contributed by atoms with Crippen molar-refractivity contribution in [1.29, 1.82) is 0 Å². The van der Waals surface area contributed by atoms with Gasteiger partial charge in [-0.15, -0.1) is 0 Å². The van der Waals surface area contributed by atoms with Crippen molar-refractivity contribution in [3.05, 3.63) is 60.3 Å². The van der Waals surface area contributed by atoms with E-state index in [0.717, 1.165) is 22.3 Å². The second-order valence-electron chi connectivity index (χ2n) is 6.96. The first-order valence-corrected chi connectivity index (χ1v) is 10.4. The smallest absolute Gasteiger partial charge is 0.316 e. The summed E-state index contributed by atoms with van der Waals surface area (Å²) < 4.78 is 5.12. The van der Waals surface area contributed by atoms with Gasteiger partial charge in [-0.1, -0.05) is 36.0 Å². The summed E-state index contributed by atoms with van der Waals surface area (Å²) in [6, 6.07) is 15.5. The van der Waals surface area contributed by atoms with Crippen LogP contribution < -0.4 is 4.90 Å². The Balaban J connectivity index is 1.43. The first-order chi connectivity index (χ1) is 14.4. The summed E-state index contributed by atoms with van der Waals surface area (Å²) in [5, 5.41) is 0.635. The quantitative estimate of drug-likeness (QED) is 0.406. The van der Waals surface area contributed by atoms with E-state index in [9.17, 15) is 9.59 Å². The van der Waals surface area contributed by atoms with E-state index in [4.69, 9.17) is 4.74 Å². The molecule has 0 aliphatic carbocycles. The molecule has 0 fully saturated rings. The van der Waals surface area contributed by atoms with Gasteiger partial charge in [0.15, 0.2) is 6.61 Å². The van der Waals surface area contributed by atoms with Crippen molar-refractivity contribution in [3.63, 3.8) is 0 Å². The Bertz CT molecular complexity index is 1020. The number of thioether (sulfide) groups is 1. The molecule has 0 saturated carbocycles. The predicted molar refractivity (Wildman–Crippen MR) is 118 cm³/mol. The van der Waals surface area contributed by atoms with Crippen LogP contribution in [0.2, 0.25) is 0 Å². The SMILES string of the molecule is CN(Cc1ccc(N(C)C)cc1)C(=O)COC(=O)CSc1cnc2ccccc2n1. The number of rotatable bonds is 8. The number of carbonyl (C=O) groups excluding carboxylic acids is 2. The number of nitrogens with zero attached hydrogens (tertiary/aromatic N) is 4. The maximum Gasteiger partial charge on any atom is 0.316 e. The summed E-state index contributed by atoms with van der Waals surface area (Å²) in [4.78, 5) is 36.6.